The molecular formula is C21H18N4O3. The molecule has 140 valence electrons. The molecule has 0 atom stereocenters. The van der Waals surface area contributed by atoms with Crippen LogP contribution in [0.5, 0.6) is 5.75 Å². The summed E-state index contributed by atoms with van der Waals surface area (Å²) < 4.78 is 11.1. The Morgan fingerprint density at radius 1 is 1.14 bits per heavy atom. The van der Waals surface area contributed by atoms with Crippen molar-refractivity contribution in [1.29, 1.82) is 0 Å². The molecule has 0 saturated heterocycles. The molecule has 0 unspecified atom stereocenters. The molecule has 0 fully saturated rings. The van der Waals surface area contributed by atoms with E-state index in [0.29, 0.717) is 12.3 Å². The van der Waals surface area contributed by atoms with Crippen LogP contribution in [0, 0.1) is 0 Å². The molecule has 0 aliphatic carbocycles. The van der Waals surface area contributed by atoms with E-state index in [1.165, 1.54) is 0 Å². The summed E-state index contributed by atoms with van der Waals surface area (Å²) in [5.41, 5.74) is 1.04. The molecule has 28 heavy (non-hydrogen) atoms. The SMILES string of the molecule is CN(Cc1ccccn1)C(=O)c1cc(COc2cccc3cnccc23)on1. The van der Waals surface area contributed by atoms with E-state index in [4.69, 9.17) is 9.26 Å². The molecule has 4 aromatic rings. The maximum Gasteiger partial charge on any atom is 0.276 e. The van der Waals surface area contributed by atoms with Gasteiger partial charge in [0.2, 0.25) is 0 Å². The van der Waals surface area contributed by atoms with Crippen LogP contribution >= 0.6 is 0 Å². The topological polar surface area (TPSA) is 81.4 Å². The van der Waals surface area contributed by atoms with Crippen molar-refractivity contribution in [2.75, 3.05) is 7.05 Å². The zero-order chi connectivity index (χ0) is 19.3. The Hall–Kier alpha value is -3.74. The summed E-state index contributed by atoms with van der Waals surface area (Å²) in [5, 5.41) is 5.83. The quantitative estimate of drug-likeness (QED) is 0.514. The van der Waals surface area contributed by atoms with Crippen molar-refractivity contribution in [3.8, 4) is 5.75 Å². The third-order valence-corrected chi connectivity index (χ3v) is 4.26. The number of nitrogens with zero attached hydrogens (tertiary/aromatic N) is 4. The number of rotatable bonds is 6. The highest BCUT2D eigenvalue weighted by Gasteiger charge is 2.18. The summed E-state index contributed by atoms with van der Waals surface area (Å²) in [6, 6.07) is 14.8. The average Bonchev–Trinajstić information content (AvgIpc) is 3.21. The largest absolute Gasteiger partial charge is 0.485 e. The van der Waals surface area contributed by atoms with Gasteiger partial charge in [0.05, 0.1) is 12.2 Å². The first-order valence-electron chi connectivity index (χ1n) is 8.77. The highest BCUT2D eigenvalue weighted by atomic mass is 16.5. The summed E-state index contributed by atoms with van der Waals surface area (Å²) in [4.78, 5) is 22.4. The van der Waals surface area contributed by atoms with Crippen LogP contribution in [-0.2, 0) is 13.2 Å². The molecular weight excluding hydrogens is 356 g/mol. The number of aromatic nitrogens is 3. The molecule has 1 aromatic carbocycles. The Bertz CT molecular complexity index is 1090. The molecule has 3 aromatic heterocycles. The second kappa shape index (κ2) is 7.87. The van der Waals surface area contributed by atoms with Gasteiger partial charge in [-0.15, -0.1) is 0 Å². The fourth-order valence-electron chi connectivity index (χ4n) is 2.85. The van der Waals surface area contributed by atoms with E-state index >= 15 is 0 Å². The normalized spacial score (nSPS) is 10.8. The Labute approximate surface area is 161 Å². The maximum absolute atomic E-state index is 12.5. The molecule has 0 spiro atoms. The van der Waals surface area contributed by atoms with E-state index < -0.39 is 0 Å². The van der Waals surface area contributed by atoms with Crippen molar-refractivity contribution >= 4 is 16.7 Å². The average molecular weight is 374 g/mol. The van der Waals surface area contributed by atoms with Gasteiger partial charge in [0.15, 0.2) is 11.5 Å². The number of hydrogen-bond donors (Lipinski definition) is 0. The van der Waals surface area contributed by atoms with Crippen molar-refractivity contribution in [2.45, 2.75) is 13.2 Å². The Kier molecular flexibility index (Phi) is 4.97. The van der Waals surface area contributed by atoms with Gasteiger partial charge in [0.1, 0.15) is 12.4 Å². The van der Waals surface area contributed by atoms with Crippen LogP contribution in [0.1, 0.15) is 21.9 Å². The van der Waals surface area contributed by atoms with Crippen LogP contribution in [-0.4, -0.2) is 33.0 Å². The zero-order valence-electron chi connectivity index (χ0n) is 15.3. The number of benzene rings is 1. The van der Waals surface area contributed by atoms with E-state index in [0.717, 1.165) is 22.2 Å². The van der Waals surface area contributed by atoms with Crippen LogP contribution in [0.3, 0.4) is 0 Å². The first kappa shape index (κ1) is 17.7. The lowest BCUT2D eigenvalue weighted by molar-refractivity contribution is 0.0772. The first-order valence-corrected chi connectivity index (χ1v) is 8.77. The van der Waals surface area contributed by atoms with Gasteiger partial charge in [-0.25, -0.2) is 0 Å². The van der Waals surface area contributed by atoms with Crippen molar-refractivity contribution in [1.82, 2.24) is 20.0 Å². The summed E-state index contributed by atoms with van der Waals surface area (Å²) in [6.07, 6.45) is 5.20. The van der Waals surface area contributed by atoms with Crippen LogP contribution in [0.2, 0.25) is 0 Å². The minimum atomic E-state index is -0.239. The molecule has 0 N–H and O–H groups in total. The fraction of sp³-hybridized carbons (Fsp3) is 0.143. The van der Waals surface area contributed by atoms with E-state index in [1.807, 2.05) is 42.5 Å². The highest BCUT2D eigenvalue weighted by molar-refractivity contribution is 5.92. The number of hydrogen-bond acceptors (Lipinski definition) is 6. The van der Waals surface area contributed by atoms with Crippen molar-refractivity contribution in [2.24, 2.45) is 0 Å². The van der Waals surface area contributed by atoms with Gasteiger partial charge in [-0.1, -0.05) is 23.4 Å². The van der Waals surface area contributed by atoms with Gasteiger partial charge in [-0.3, -0.25) is 14.8 Å². The lowest BCUT2D eigenvalue weighted by Crippen LogP contribution is -2.26. The van der Waals surface area contributed by atoms with Gasteiger partial charge in [-0.05, 0) is 24.3 Å². The predicted molar refractivity (Wildman–Crippen MR) is 103 cm³/mol. The number of carbonyl (C=O) groups excluding carboxylic acids is 1. The number of ether oxygens (including phenoxy) is 1. The summed E-state index contributed by atoms with van der Waals surface area (Å²) in [6.45, 7) is 0.564. The van der Waals surface area contributed by atoms with Crippen LogP contribution in [0.15, 0.2) is 71.6 Å². The third kappa shape index (κ3) is 3.83. The molecule has 0 radical (unpaired) electrons. The molecule has 3 heterocycles. The Morgan fingerprint density at radius 2 is 2.07 bits per heavy atom. The molecule has 1 amide bonds. The third-order valence-electron chi connectivity index (χ3n) is 4.26. The molecule has 0 aliphatic heterocycles. The van der Waals surface area contributed by atoms with Gasteiger partial charge in [0.25, 0.3) is 5.91 Å². The monoisotopic (exact) mass is 374 g/mol. The van der Waals surface area contributed by atoms with Gasteiger partial charge >= 0.3 is 0 Å². The van der Waals surface area contributed by atoms with Crippen LogP contribution in [0.25, 0.3) is 10.8 Å². The Balaban J connectivity index is 1.42. The van der Waals surface area contributed by atoms with Gasteiger partial charge in [-0.2, -0.15) is 0 Å². The van der Waals surface area contributed by atoms with E-state index in [9.17, 15) is 4.79 Å². The number of carbonyl (C=O) groups is 1. The molecule has 0 aliphatic rings. The molecule has 7 nitrogen and oxygen atoms in total. The highest BCUT2D eigenvalue weighted by Crippen LogP contribution is 2.25. The lowest BCUT2D eigenvalue weighted by Gasteiger charge is -2.14. The van der Waals surface area contributed by atoms with E-state index in [-0.39, 0.29) is 18.2 Å². The van der Waals surface area contributed by atoms with Crippen LogP contribution in [0.4, 0.5) is 0 Å². The number of fused-ring (bicyclic) bond motifs is 1. The first-order chi connectivity index (χ1) is 13.7. The standard InChI is InChI=1S/C21H18N4O3/c1-25(13-16-6-2-3-9-23-16)21(26)19-11-17(28-24-19)14-27-20-7-4-5-15-12-22-10-8-18(15)20/h2-12H,13-14H2,1H3. The lowest BCUT2D eigenvalue weighted by atomic mass is 10.1. The minimum absolute atomic E-state index is 0.172. The summed E-state index contributed by atoms with van der Waals surface area (Å²) in [5.74, 6) is 0.953. The zero-order valence-corrected chi connectivity index (χ0v) is 15.3. The smallest absolute Gasteiger partial charge is 0.276 e. The van der Waals surface area contributed by atoms with E-state index in [2.05, 4.69) is 15.1 Å². The van der Waals surface area contributed by atoms with Crippen molar-refractivity contribution in [3.63, 3.8) is 0 Å². The van der Waals surface area contributed by atoms with E-state index in [1.54, 1.807) is 36.6 Å². The van der Waals surface area contributed by atoms with Gasteiger partial charge in [0, 0.05) is 42.5 Å². The molecule has 7 heteroatoms. The Morgan fingerprint density at radius 3 is 2.93 bits per heavy atom. The molecule has 4 rings (SSSR count). The minimum Gasteiger partial charge on any atom is -0.485 e. The predicted octanol–water partition coefficient (Wildman–Crippen LogP) is 3.47. The maximum atomic E-state index is 12.5. The van der Waals surface area contributed by atoms with Crippen molar-refractivity contribution < 1.29 is 14.1 Å². The molecule has 0 bridgehead atoms. The number of pyridine rings is 2. The fourth-order valence-corrected chi connectivity index (χ4v) is 2.85. The van der Waals surface area contributed by atoms with Gasteiger partial charge < -0.3 is 14.2 Å². The second-order valence-corrected chi connectivity index (χ2v) is 6.30. The molecule has 0 saturated carbocycles. The number of amides is 1. The second-order valence-electron chi connectivity index (χ2n) is 6.30. The van der Waals surface area contributed by atoms with Crippen molar-refractivity contribution in [3.05, 3.63) is 84.3 Å². The summed E-state index contributed by atoms with van der Waals surface area (Å²) in [7, 11) is 1.70. The summed E-state index contributed by atoms with van der Waals surface area (Å²) >= 11 is 0. The van der Waals surface area contributed by atoms with Crippen LogP contribution < -0.4 is 4.74 Å².